The van der Waals surface area contributed by atoms with E-state index in [1.54, 1.807) is 18.3 Å². The summed E-state index contributed by atoms with van der Waals surface area (Å²) in [5.41, 5.74) is -1.24. The van der Waals surface area contributed by atoms with Gasteiger partial charge in [-0.05, 0) is 55.5 Å². The Morgan fingerprint density at radius 1 is 1.21 bits per heavy atom. The number of carboxylic acid groups (broad SMARTS) is 1. The number of nitrogens with zero attached hydrogens (tertiary/aromatic N) is 3. The van der Waals surface area contributed by atoms with Gasteiger partial charge in [-0.2, -0.15) is 13.2 Å². The van der Waals surface area contributed by atoms with Crippen molar-refractivity contribution in [2.45, 2.75) is 37.5 Å². The van der Waals surface area contributed by atoms with Crippen molar-refractivity contribution in [3.8, 4) is 10.4 Å². The first kappa shape index (κ1) is 23.4. The van der Waals surface area contributed by atoms with E-state index in [0.29, 0.717) is 51.8 Å². The largest absolute Gasteiger partial charge is 0.481 e. The second-order valence-electron chi connectivity index (χ2n) is 7.79. The molecule has 12 heteroatoms. The number of nitrogens with one attached hydrogen (secondary N) is 1. The molecule has 0 spiro atoms. The molecule has 1 saturated carbocycles. The standard InChI is InChI=1S/C21H18ClF3N4O3S/c22-13-7-12(8-14(9-13)28-19-26-6-3-16(29-19)21(23,24)25)15-10-27-18(33-15)20(32)4-1-11(2-5-20)17(30)31/h3,6-11,32H,1-2,4-5H2,(H,30,31)(H,26,28,29). The van der Waals surface area contributed by atoms with Crippen LogP contribution in [0.25, 0.3) is 10.4 Å². The maximum absolute atomic E-state index is 12.9. The fourth-order valence-electron chi connectivity index (χ4n) is 3.69. The molecule has 0 atom stereocenters. The number of aromatic nitrogens is 3. The minimum Gasteiger partial charge on any atom is -0.481 e. The van der Waals surface area contributed by atoms with Gasteiger partial charge >= 0.3 is 12.1 Å². The third-order valence-corrected chi connectivity index (χ3v) is 6.91. The zero-order valence-corrected chi connectivity index (χ0v) is 18.5. The van der Waals surface area contributed by atoms with E-state index < -0.39 is 29.4 Å². The monoisotopic (exact) mass is 498 g/mol. The third kappa shape index (κ3) is 5.26. The molecule has 1 aromatic carbocycles. The van der Waals surface area contributed by atoms with E-state index in [1.807, 2.05) is 0 Å². The zero-order valence-electron chi connectivity index (χ0n) is 16.9. The first-order chi connectivity index (χ1) is 15.5. The smallest absolute Gasteiger partial charge is 0.433 e. The number of rotatable bonds is 5. The number of hydrogen-bond acceptors (Lipinski definition) is 7. The van der Waals surface area contributed by atoms with Crippen LogP contribution in [0.3, 0.4) is 0 Å². The van der Waals surface area contributed by atoms with Crippen LogP contribution < -0.4 is 5.32 Å². The molecule has 3 aromatic rings. The van der Waals surface area contributed by atoms with Crippen LogP contribution in [0.15, 0.2) is 36.7 Å². The number of alkyl halides is 3. The van der Waals surface area contributed by atoms with E-state index in [1.165, 1.54) is 17.4 Å². The number of carbonyl (C=O) groups is 1. The molecule has 7 nitrogen and oxygen atoms in total. The normalized spacial score (nSPS) is 21.1. The first-order valence-corrected chi connectivity index (χ1v) is 11.1. The Labute approximate surface area is 195 Å². The predicted octanol–water partition coefficient (Wildman–Crippen LogP) is 5.48. The number of aliphatic hydroxyl groups is 1. The topological polar surface area (TPSA) is 108 Å². The summed E-state index contributed by atoms with van der Waals surface area (Å²) in [5, 5.41) is 23.7. The summed E-state index contributed by atoms with van der Waals surface area (Å²) in [4.78, 5) is 23.5. The van der Waals surface area contributed by atoms with E-state index in [9.17, 15) is 23.1 Å². The van der Waals surface area contributed by atoms with Crippen molar-refractivity contribution in [2.24, 2.45) is 5.92 Å². The highest BCUT2D eigenvalue weighted by Gasteiger charge is 2.39. The van der Waals surface area contributed by atoms with Gasteiger partial charge in [-0.3, -0.25) is 4.79 Å². The molecule has 2 heterocycles. The minimum atomic E-state index is -4.60. The number of anilines is 2. The van der Waals surface area contributed by atoms with E-state index in [-0.39, 0.29) is 5.95 Å². The lowest BCUT2D eigenvalue weighted by atomic mass is 9.79. The van der Waals surface area contributed by atoms with E-state index in [2.05, 4.69) is 20.3 Å². The quantitative estimate of drug-likeness (QED) is 0.427. The number of aliphatic carboxylic acids is 1. The summed E-state index contributed by atoms with van der Waals surface area (Å²) in [6, 6.07) is 5.64. The van der Waals surface area contributed by atoms with Crippen molar-refractivity contribution in [1.29, 1.82) is 0 Å². The molecule has 4 rings (SSSR count). The molecule has 0 amide bonds. The molecule has 0 bridgehead atoms. The average molecular weight is 499 g/mol. The number of halogens is 4. The highest BCUT2D eigenvalue weighted by atomic mass is 35.5. The Morgan fingerprint density at radius 2 is 1.94 bits per heavy atom. The van der Waals surface area contributed by atoms with Gasteiger partial charge in [-0.15, -0.1) is 11.3 Å². The average Bonchev–Trinajstić information content (AvgIpc) is 3.25. The van der Waals surface area contributed by atoms with Gasteiger partial charge in [0.2, 0.25) is 5.95 Å². The van der Waals surface area contributed by atoms with Crippen molar-refractivity contribution < 1.29 is 28.2 Å². The van der Waals surface area contributed by atoms with Crippen molar-refractivity contribution in [3.05, 3.63) is 52.4 Å². The number of carboxylic acids is 1. The molecule has 1 aliphatic rings. The molecule has 0 saturated heterocycles. The van der Waals surface area contributed by atoms with Crippen LogP contribution in [0.2, 0.25) is 5.02 Å². The molecular formula is C21H18ClF3N4O3S. The van der Waals surface area contributed by atoms with Gasteiger partial charge in [0.05, 0.1) is 10.8 Å². The lowest BCUT2D eigenvalue weighted by molar-refractivity contribution is -0.145. The van der Waals surface area contributed by atoms with Gasteiger partial charge < -0.3 is 15.5 Å². The SMILES string of the molecule is O=C(O)C1CCC(O)(c2ncc(-c3cc(Cl)cc(Nc4nccc(C(F)(F)F)n4)c3)s2)CC1. The Morgan fingerprint density at radius 3 is 2.61 bits per heavy atom. The zero-order chi connectivity index (χ0) is 23.8. The Kier molecular flexibility index (Phi) is 6.30. The van der Waals surface area contributed by atoms with E-state index >= 15 is 0 Å². The molecule has 33 heavy (non-hydrogen) atoms. The first-order valence-electron chi connectivity index (χ1n) is 9.93. The van der Waals surface area contributed by atoms with E-state index in [4.69, 9.17) is 16.7 Å². The molecule has 0 aliphatic heterocycles. The molecule has 1 aliphatic carbocycles. The van der Waals surface area contributed by atoms with Gasteiger partial charge in [-0.25, -0.2) is 15.0 Å². The van der Waals surface area contributed by atoms with Crippen LogP contribution in [0.1, 0.15) is 36.4 Å². The molecule has 1 fully saturated rings. The fourth-order valence-corrected chi connectivity index (χ4v) is 4.97. The summed E-state index contributed by atoms with van der Waals surface area (Å²) in [6.07, 6.45) is -0.678. The Hall–Kier alpha value is -2.76. The highest BCUT2D eigenvalue weighted by molar-refractivity contribution is 7.15. The van der Waals surface area contributed by atoms with Crippen LogP contribution in [0.5, 0.6) is 0 Å². The van der Waals surface area contributed by atoms with Gasteiger partial charge in [0, 0.05) is 23.1 Å². The van der Waals surface area contributed by atoms with E-state index in [0.717, 1.165) is 12.3 Å². The molecule has 174 valence electrons. The second-order valence-corrected chi connectivity index (χ2v) is 9.26. The van der Waals surface area contributed by atoms with Crippen molar-refractivity contribution in [3.63, 3.8) is 0 Å². The minimum absolute atomic E-state index is 0.229. The van der Waals surface area contributed by atoms with Gasteiger partial charge in [0.15, 0.2) is 0 Å². The molecule has 3 N–H and O–H groups in total. The lowest BCUT2D eigenvalue weighted by Gasteiger charge is -2.32. The number of benzene rings is 1. The maximum atomic E-state index is 12.9. The maximum Gasteiger partial charge on any atom is 0.433 e. The summed E-state index contributed by atoms with van der Waals surface area (Å²) >= 11 is 7.47. The summed E-state index contributed by atoms with van der Waals surface area (Å²) < 4.78 is 38.7. The number of hydrogen-bond donors (Lipinski definition) is 3. The van der Waals surface area contributed by atoms with Crippen LogP contribution in [-0.4, -0.2) is 31.1 Å². The van der Waals surface area contributed by atoms with Crippen molar-refractivity contribution >= 4 is 40.5 Å². The van der Waals surface area contributed by atoms with Crippen LogP contribution in [-0.2, 0) is 16.6 Å². The fraction of sp³-hybridized carbons (Fsp3) is 0.333. The van der Waals surface area contributed by atoms with Crippen molar-refractivity contribution in [1.82, 2.24) is 15.0 Å². The summed E-state index contributed by atoms with van der Waals surface area (Å²) in [6.45, 7) is 0. The van der Waals surface area contributed by atoms with Crippen LogP contribution >= 0.6 is 22.9 Å². The summed E-state index contributed by atoms with van der Waals surface area (Å²) in [7, 11) is 0. The van der Waals surface area contributed by atoms with Crippen LogP contribution in [0, 0.1) is 5.92 Å². The molecule has 0 unspecified atom stereocenters. The summed E-state index contributed by atoms with van der Waals surface area (Å²) in [5.74, 6) is -1.56. The Balaban J connectivity index is 1.56. The third-order valence-electron chi connectivity index (χ3n) is 5.45. The number of thiazole rings is 1. The predicted molar refractivity (Wildman–Crippen MR) is 116 cm³/mol. The van der Waals surface area contributed by atoms with Crippen molar-refractivity contribution in [2.75, 3.05) is 5.32 Å². The van der Waals surface area contributed by atoms with Gasteiger partial charge in [0.25, 0.3) is 0 Å². The molecule has 2 aromatic heterocycles. The highest BCUT2D eigenvalue weighted by Crippen LogP contribution is 2.43. The van der Waals surface area contributed by atoms with Gasteiger partial charge in [0.1, 0.15) is 16.3 Å². The van der Waals surface area contributed by atoms with Gasteiger partial charge in [-0.1, -0.05) is 11.6 Å². The Bertz CT molecular complexity index is 1180. The van der Waals surface area contributed by atoms with Crippen LogP contribution in [0.4, 0.5) is 24.8 Å². The second kappa shape index (κ2) is 8.88. The molecular weight excluding hydrogens is 481 g/mol. The lowest BCUT2D eigenvalue weighted by Crippen LogP contribution is -2.33. The molecule has 0 radical (unpaired) electrons.